The van der Waals surface area contributed by atoms with Crippen molar-refractivity contribution in [3.05, 3.63) is 47.1 Å². The van der Waals surface area contributed by atoms with Gasteiger partial charge in [0.2, 0.25) is 0 Å². The first-order valence-electron chi connectivity index (χ1n) is 5.41. The fourth-order valence-corrected chi connectivity index (χ4v) is 1.89. The number of aromatic nitrogens is 3. The van der Waals surface area contributed by atoms with Crippen molar-refractivity contribution < 1.29 is 0 Å². The highest BCUT2D eigenvalue weighted by Gasteiger charge is 2.06. The summed E-state index contributed by atoms with van der Waals surface area (Å²) in [6.45, 7) is 0. The van der Waals surface area contributed by atoms with Crippen molar-refractivity contribution in [1.82, 2.24) is 15.0 Å². The third-order valence-corrected chi connectivity index (χ3v) is 2.89. The molecule has 0 aromatic carbocycles. The van der Waals surface area contributed by atoms with Gasteiger partial charge < -0.3 is 5.73 Å². The summed E-state index contributed by atoms with van der Waals surface area (Å²) in [7, 11) is 0. The summed E-state index contributed by atoms with van der Waals surface area (Å²) in [6, 6.07) is 4.01. The molecule has 0 unspecified atom stereocenters. The maximum Gasteiger partial charge on any atom is 0.137 e. The van der Waals surface area contributed by atoms with E-state index < -0.39 is 0 Å². The van der Waals surface area contributed by atoms with E-state index in [1.165, 1.54) is 11.9 Å². The van der Waals surface area contributed by atoms with Crippen LogP contribution in [0.5, 0.6) is 0 Å². The lowest BCUT2D eigenvalue weighted by Crippen LogP contribution is -2.01. The van der Waals surface area contributed by atoms with Gasteiger partial charge in [-0.25, -0.2) is 9.97 Å². The van der Waals surface area contributed by atoms with Crippen molar-refractivity contribution in [2.45, 2.75) is 19.3 Å². The van der Waals surface area contributed by atoms with Crippen molar-refractivity contribution in [1.29, 1.82) is 0 Å². The van der Waals surface area contributed by atoms with Crippen LogP contribution in [-0.4, -0.2) is 15.0 Å². The van der Waals surface area contributed by atoms with Crippen LogP contribution in [0.3, 0.4) is 0 Å². The second-order valence-corrected chi connectivity index (χ2v) is 4.10. The lowest BCUT2D eigenvalue weighted by Gasteiger charge is -2.05. The molecular formula is C12H13ClN4. The molecule has 0 atom stereocenters. The number of hydrogen-bond acceptors (Lipinski definition) is 4. The smallest absolute Gasteiger partial charge is 0.137 e. The van der Waals surface area contributed by atoms with E-state index in [0.29, 0.717) is 11.0 Å². The van der Waals surface area contributed by atoms with Gasteiger partial charge >= 0.3 is 0 Å². The highest BCUT2D eigenvalue weighted by Crippen LogP contribution is 2.19. The van der Waals surface area contributed by atoms with E-state index in [1.54, 1.807) is 12.4 Å². The summed E-state index contributed by atoms with van der Waals surface area (Å²) in [5.41, 5.74) is 7.85. The first kappa shape index (κ1) is 11.8. The van der Waals surface area contributed by atoms with Crippen LogP contribution in [0, 0.1) is 0 Å². The third kappa shape index (κ3) is 3.14. The third-order valence-electron chi connectivity index (χ3n) is 2.57. The van der Waals surface area contributed by atoms with Crippen molar-refractivity contribution in [3.8, 4) is 0 Å². The lowest BCUT2D eigenvalue weighted by atomic mass is 10.1. The molecule has 88 valence electrons. The zero-order valence-electron chi connectivity index (χ0n) is 9.31. The molecule has 0 aliphatic carbocycles. The summed E-state index contributed by atoms with van der Waals surface area (Å²) >= 11 is 5.97. The standard InChI is InChI=1S/C12H13ClN4/c13-11-10(12(14)17-8-16-11)3-1-2-9-4-6-15-7-5-9/h4-8H,1-3H2,(H2,14,16,17). The number of hydrogen-bond donors (Lipinski definition) is 1. The van der Waals surface area contributed by atoms with Gasteiger partial charge in [0.05, 0.1) is 0 Å². The average Bonchev–Trinajstić information content (AvgIpc) is 2.34. The molecule has 0 saturated heterocycles. The molecule has 0 fully saturated rings. The van der Waals surface area contributed by atoms with Gasteiger partial charge in [-0.05, 0) is 37.0 Å². The average molecular weight is 249 g/mol. The van der Waals surface area contributed by atoms with Gasteiger partial charge in [0, 0.05) is 18.0 Å². The molecule has 2 rings (SSSR count). The van der Waals surface area contributed by atoms with Crippen LogP contribution >= 0.6 is 11.6 Å². The highest BCUT2D eigenvalue weighted by atomic mass is 35.5. The van der Waals surface area contributed by atoms with Gasteiger partial charge in [0.25, 0.3) is 0 Å². The molecule has 0 aliphatic heterocycles. The summed E-state index contributed by atoms with van der Waals surface area (Å²) in [5.74, 6) is 0.472. The number of nitrogens with zero attached hydrogens (tertiary/aromatic N) is 3. The fraction of sp³-hybridized carbons (Fsp3) is 0.250. The minimum absolute atomic E-state index is 0.451. The zero-order chi connectivity index (χ0) is 12.1. The molecular weight excluding hydrogens is 236 g/mol. The summed E-state index contributed by atoms with van der Waals surface area (Å²) in [6.07, 6.45) is 7.68. The Labute approximate surface area is 105 Å². The van der Waals surface area contributed by atoms with Crippen LogP contribution in [0.1, 0.15) is 17.5 Å². The largest absolute Gasteiger partial charge is 0.383 e. The molecule has 2 aromatic heterocycles. The molecule has 5 heteroatoms. The minimum Gasteiger partial charge on any atom is -0.383 e. The molecule has 0 bridgehead atoms. The molecule has 0 radical (unpaired) electrons. The minimum atomic E-state index is 0.451. The van der Waals surface area contributed by atoms with E-state index in [9.17, 15) is 0 Å². The lowest BCUT2D eigenvalue weighted by molar-refractivity contribution is 0.813. The van der Waals surface area contributed by atoms with Crippen LogP contribution in [-0.2, 0) is 12.8 Å². The first-order chi connectivity index (χ1) is 8.27. The van der Waals surface area contributed by atoms with E-state index in [-0.39, 0.29) is 0 Å². The number of halogens is 1. The molecule has 17 heavy (non-hydrogen) atoms. The van der Waals surface area contributed by atoms with E-state index in [4.69, 9.17) is 17.3 Å². The molecule has 2 N–H and O–H groups in total. The number of aryl methyl sites for hydroxylation is 1. The second-order valence-electron chi connectivity index (χ2n) is 3.74. The van der Waals surface area contributed by atoms with E-state index in [1.807, 2.05) is 12.1 Å². The molecule has 0 spiro atoms. The van der Waals surface area contributed by atoms with Crippen molar-refractivity contribution in [2.24, 2.45) is 0 Å². The van der Waals surface area contributed by atoms with Crippen molar-refractivity contribution in [2.75, 3.05) is 5.73 Å². The van der Waals surface area contributed by atoms with Gasteiger partial charge in [-0.3, -0.25) is 4.98 Å². The molecule has 4 nitrogen and oxygen atoms in total. The van der Waals surface area contributed by atoms with Gasteiger partial charge in [-0.2, -0.15) is 0 Å². The SMILES string of the molecule is Nc1ncnc(Cl)c1CCCc1ccncc1. The maximum atomic E-state index is 5.97. The predicted molar refractivity (Wildman–Crippen MR) is 67.7 cm³/mol. The van der Waals surface area contributed by atoms with Crippen LogP contribution in [0.15, 0.2) is 30.9 Å². The Morgan fingerprint density at radius 2 is 1.88 bits per heavy atom. The summed E-state index contributed by atoms with van der Waals surface area (Å²) in [4.78, 5) is 11.8. The molecule has 2 aromatic rings. The zero-order valence-corrected chi connectivity index (χ0v) is 10.1. The second kappa shape index (κ2) is 5.59. The Hall–Kier alpha value is -1.68. The van der Waals surface area contributed by atoms with Crippen LogP contribution in [0.25, 0.3) is 0 Å². The normalized spacial score (nSPS) is 10.4. The monoisotopic (exact) mass is 248 g/mol. The van der Waals surface area contributed by atoms with E-state index in [2.05, 4.69) is 15.0 Å². The number of pyridine rings is 1. The van der Waals surface area contributed by atoms with Gasteiger partial charge in [0.15, 0.2) is 0 Å². The van der Waals surface area contributed by atoms with Crippen LogP contribution in [0.4, 0.5) is 5.82 Å². The first-order valence-corrected chi connectivity index (χ1v) is 5.79. The Bertz CT molecular complexity index is 467. The maximum absolute atomic E-state index is 5.97. The van der Waals surface area contributed by atoms with Gasteiger partial charge in [-0.15, -0.1) is 0 Å². The number of anilines is 1. The predicted octanol–water partition coefficient (Wildman–Crippen LogP) is 2.28. The molecule has 2 heterocycles. The van der Waals surface area contributed by atoms with E-state index in [0.717, 1.165) is 24.8 Å². The van der Waals surface area contributed by atoms with E-state index >= 15 is 0 Å². The van der Waals surface area contributed by atoms with Crippen LogP contribution < -0.4 is 5.73 Å². The topological polar surface area (TPSA) is 64.7 Å². The molecule has 0 saturated carbocycles. The molecule has 0 amide bonds. The Kier molecular flexibility index (Phi) is 3.88. The van der Waals surface area contributed by atoms with Crippen molar-refractivity contribution in [3.63, 3.8) is 0 Å². The van der Waals surface area contributed by atoms with Gasteiger partial charge in [0.1, 0.15) is 17.3 Å². The Morgan fingerprint density at radius 3 is 2.59 bits per heavy atom. The number of rotatable bonds is 4. The molecule has 0 aliphatic rings. The quantitative estimate of drug-likeness (QED) is 0.843. The summed E-state index contributed by atoms with van der Waals surface area (Å²) < 4.78 is 0. The Morgan fingerprint density at radius 1 is 1.12 bits per heavy atom. The van der Waals surface area contributed by atoms with Crippen LogP contribution in [0.2, 0.25) is 5.15 Å². The fourth-order valence-electron chi connectivity index (χ4n) is 1.65. The summed E-state index contributed by atoms with van der Waals surface area (Å²) in [5, 5.41) is 0.451. The number of nitrogen functional groups attached to an aromatic ring is 1. The number of nitrogens with two attached hydrogens (primary N) is 1. The highest BCUT2D eigenvalue weighted by molar-refractivity contribution is 6.30. The van der Waals surface area contributed by atoms with Gasteiger partial charge in [-0.1, -0.05) is 11.6 Å². The Balaban J connectivity index is 1.95. The van der Waals surface area contributed by atoms with Crippen molar-refractivity contribution >= 4 is 17.4 Å².